The summed E-state index contributed by atoms with van der Waals surface area (Å²) in [5.74, 6) is -0.0416. The van der Waals surface area contributed by atoms with Crippen LogP contribution in [0.2, 0.25) is 0 Å². The number of aliphatic hydroxyl groups is 1. The van der Waals surface area contributed by atoms with Gasteiger partial charge in [0.05, 0.1) is 23.6 Å². The van der Waals surface area contributed by atoms with E-state index in [9.17, 15) is 14.7 Å². The van der Waals surface area contributed by atoms with Gasteiger partial charge in [-0.15, -0.1) is 0 Å². The second kappa shape index (κ2) is 7.78. The van der Waals surface area contributed by atoms with Gasteiger partial charge in [0, 0.05) is 24.3 Å². The molecule has 1 aromatic heterocycles. The number of ketones is 1. The predicted octanol–water partition coefficient (Wildman–Crippen LogP) is 2.35. The van der Waals surface area contributed by atoms with Crippen molar-refractivity contribution in [3.63, 3.8) is 0 Å². The Bertz CT molecular complexity index is 1060. The lowest BCUT2D eigenvalue weighted by Crippen LogP contribution is -2.49. The lowest BCUT2D eigenvalue weighted by molar-refractivity contribution is -0.0505. The number of fused-ring (bicyclic) bond motifs is 1. The quantitative estimate of drug-likeness (QED) is 0.783. The van der Waals surface area contributed by atoms with Gasteiger partial charge in [0.2, 0.25) is 5.78 Å². The summed E-state index contributed by atoms with van der Waals surface area (Å²) in [5.41, 5.74) is 0.915. The van der Waals surface area contributed by atoms with Crippen LogP contribution in [0.5, 0.6) is 0 Å². The number of carbonyl (C=O) groups excluding carboxylic acids is 1. The largest absolute Gasteiger partial charge is 0.376 e. The Morgan fingerprint density at radius 2 is 1.93 bits per heavy atom. The molecular weight excluding hydrogens is 380 g/mol. The smallest absolute Gasteiger partial charge is 0.273 e. The van der Waals surface area contributed by atoms with Crippen LogP contribution >= 0.6 is 0 Å². The maximum atomic E-state index is 13.9. The van der Waals surface area contributed by atoms with E-state index in [0.29, 0.717) is 30.6 Å². The van der Waals surface area contributed by atoms with Crippen LogP contribution in [0.3, 0.4) is 0 Å². The van der Waals surface area contributed by atoms with Crippen molar-refractivity contribution in [1.82, 2.24) is 14.5 Å². The molecule has 156 valence electrons. The van der Waals surface area contributed by atoms with E-state index >= 15 is 0 Å². The second-order valence-electron chi connectivity index (χ2n) is 8.57. The first-order valence-corrected chi connectivity index (χ1v) is 10.5. The number of nitriles is 1. The Hall–Kier alpha value is -2.82. The molecule has 1 aliphatic heterocycles. The molecule has 1 fully saturated rings. The molecule has 0 spiro atoms. The Morgan fingerprint density at radius 3 is 2.53 bits per heavy atom. The summed E-state index contributed by atoms with van der Waals surface area (Å²) in [7, 11) is 0. The van der Waals surface area contributed by atoms with Crippen molar-refractivity contribution in [3.05, 3.63) is 63.3 Å². The predicted molar refractivity (Wildman–Crippen MR) is 111 cm³/mol. The summed E-state index contributed by atoms with van der Waals surface area (Å²) in [5, 5.41) is 19.7. The average molecular weight is 406 g/mol. The summed E-state index contributed by atoms with van der Waals surface area (Å²) in [6.07, 6.45) is 2.44. The molecule has 1 atom stereocenters. The molecule has 2 heterocycles. The minimum absolute atomic E-state index is 0.107. The summed E-state index contributed by atoms with van der Waals surface area (Å²) in [6.45, 7) is 4.57. The molecule has 4 rings (SSSR count). The van der Waals surface area contributed by atoms with Crippen LogP contribution < -0.4 is 5.56 Å². The van der Waals surface area contributed by atoms with Gasteiger partial charge in [0.25, 0.3) is 5.56 Å². The molecule has 1 N–H and O–H groups in total. The van der Waals surface area contributed by atoms with Crippen molar-refractivity contribution < 1.29 is 9.90 Å². The van der Waals surface area contributed by atoms with Crippen molar-refractivity contribution in [2.24, 2.45) is 0 Å². The molecule has 30 heavy (non-hydrogen) atoms. The zero-order valence-corrected chi connectivity index (χ0v) is 17.3. The molecule has 0 saturated heterocycles. The van der Waals surface area contributed by atoms with E-state index in [-0.39, 0.29) is 24.2 Å². The molecule has 7 nitrogen and oxygen atoms in total. The summed E-state index contributed by atoms with van der Waals surface area (Å²) in [4.78, 5) is 32.3. The number of hydrogen-bond donors (Lipinski definition) is 1. The fraction of sp³-hybridized carbons (Fsp3) is 0.478. The monoisotopic (exact) mass is 406 g/mol. The zero-order valence-electron chi connectivity index (χ0n) is 17.3. The van der Waals surface area contributed by atoms with Crippen molar-refractivity contribution in [1.29, 1.82) is 5.26 Å². The highest BCUT2D eigenvalue weighted by molar-refractivity contribution is 6.02. The van der Waals surface area contributed by atoms with E-state index in [1.165, 1.54) is 6.07 Å². The van der Waals surface area contributed by atoms with Gasteiger partial charge < -0.3 is 9.67 Å². The van der Waals surface area contributed by atoms with Crippen molar-refractivity contribution in [2.45, 2.75) is 70.3 Å². The molecule has 1 aromatic carbocycles. The number of aromatic nitrogens is 2. The fourth-order valence-corrected chi connectivity index (χ4v) is 4.85. The third kappa shape index (κ3) is 3.36. The van der Waals surface area contributed by atoms with E-state index in [1.54, 1.807) is 16.7 Å². The summed E-state index contributed by atoms with van der Waals surface area (Å²) < 4.78 is 1.72. The van der Waals surface area contributed by atoms with Crippen LogP contribution in [-0.2, 0) is 18.5 Å². The summed E-state index contributed by atoms with van der Waals surface area (Å²) in [6, 6.07) is 10.8. The van der Waals surface area contributed by atoms with Gasteiger partial charge in [-0.25, -0.2) is 0 Å². The average Bonchev–Trinajstić information content (AvgIpc) is 3.23. The Balaban J connectivity index is 1.80. The highest BCUT2D eigenvalue weighted by atomic mass is 16.3. The van der Waals surface area contributed by atoms with Gasteiger partial charge in [-0.05, 0) is 44.4 Å². The lowest BCUT2D eigenvalue weighted by Gasteiger charge is -2.38. The number of Topliss-reactive ketones (excluding diaryl/α,β-unsaturated/α-hetero) is 1. The van der Waals surface area contributed by atoms with Crippen molar-refractivity contribution >= 4 is 5.78 Å². The first-order valence-electron chi connectivity index (χ1n) is 10.5. The number of aliphatic hydroxyl groups excluding tert-OH is 1. The Labute approximate surface area is 175 Å². The van der Waals surface area contributed by atoms with Gasteiger partial charge in [0.15, 0.2) is 5.82 Å². The standard InChI is InChI=1S/C23H26N4O3/c1-15(2)26-13-18-11-19(28)25-22(27(18)14-20(26)29)21(30)23(9-3-4-10-23)17-7-5-16(12-24)6-8-17/h5-8,11,15,20,29H,3-4,9-10,13-14H2,1-2H3. The minimum Gasteiger partial charge on any atom is -0.376 e. The van der Waals surface area contributed by atoms with E-state index in [2.05, 4.69) is 11.1 Å². The number of carbonyl (C=O) groups is 1. The van der Waals surface area contributed by atoms with E-state index in [0.717, 1.165) is 18.4 Å². The SMILES string of the molecule is CC(C)N1Cc2cc(=O)nc(C(=O)C3(c4ccc(C#N)cc4)CCCC3)n2CC1O. The number of rotatable bonds is 4. The first kappa shape index (κ1) is 20.5. The van der Waals surface area contributed by atoms with Gasteiger partial charge in [-0.3, -0.25) is 14.5 Å². The molecule has 0 radical (unpaired) electrons. The van der Waals surface area contributed by atoms with E-state index in [1.807, 2.05) is 30.9 Å². The third-order valence-corrected chi connectivity index (χ3v) is 6.51. The molecule has 0 bridgehead atoms. The maximum Gasteiger partial charge on any atom is 0.273 e. The Kier molecular flexibility index (Phi) is 5.31. The van der Waals surface area contributed by atoms with Crippen LogP contribution in [0, 0.1) is 11.3 Å². The topological polar surface area (TPSA) is 99.2 Å². The van der Waals surface area contributed by atoms with Gasteiger partial charge in [-0.1, -0.05) is 25.0 Å². The molecule has 1 unspecified atom stereocenters. The van der Waals surface area contributed by atoms with Crippen LogP contribution in [0.15, 0.2) is 35.1 Å². The molecule has 2 aliphatic rings. The van der Waals surface area contributed by atoms with E-state index < -0.39 is 17.2 Å². The normalized spacial score (nSPS) is 20.7. The molecule has 1 aliphatic carbocycles. The van der Waals surface area contributed by atoms with Crippen LogP contribution in [0.1, 0.15) is 67.0 Å². The highest BCUT2D eigenvalue weighted by Crippen LogP contribution is 2.43. The molecule has 0 amide bonds. The zero-order chi connectivity index (χ0) is 21.5. The van der Waals surface area contributed by atoms with E-state index in [4.69, 9.17) is 5.26 Å². The minimum atomic E-state index is -0.754. The molecular formula is C23H26N4O3. The van der Waals surface area contributed by atoms with Crippen molar-refractivity contribution in [3.8, 4) is 6.07 Å². The Morgan fingerprint density at radius 1 is 1.27 bits per heavy atom. The van der Waals surface area contributed by atoms with Gasteiger partial charge in [-0.2, -0.15) is 10.2 Å². The van der Waals surface area contributed by atoms with Crippen LogP contribution in [0.4, 0.5) is 0 Å². The second-order valence-corrected chi connectivity index (χ2v) is 8.57. The molecule has 1 saturated carbocycles. The van der Waals surface area contributed by atoms with Gasteiger partial charge in [0.1, 0.15) is 6.23 Å². The maximum absolute atomic E-state index is 13.9. The fourth-order valence-electron chi connectivity index (χ4n) is 4.85. The highest BCUT2D eigenvalue weighted by Gasteiger charge is 2.45. The van der Waals surface area contributed by atoms with Crippen LogP contribution in [0.25, 0.3) is 0 Å². The summed E-state index contributed by atoms with van der Waals surface area (Å²) >= 11 is 0. The molecule has 2 aromatic rings. The number of benzene rings is 1. The number of hydrogen-bond acceptors (Lipinski definition) is 6. The molecule has 7 heteroatoms. The number of nitrogens with zero attached hydrogens (tertiary/aromatic N) is 4. The lowest BCUT2D eigenvalue weighted by atomic mass is 9.74. The first-order chi connectivity index (χ1) is 14.4. The van der Waals surface area contributed by atoms with Crippen LogP contribution in [-0.4, -0.2) is 37.6 Å². The van der Waals surface area contributed by atoms with Gasteiger partial charge >= 0.3 is 0 Å². The third-order valence-electron chi connectivity index (χ3n) is 6.51. The van der Waals surface area contributed by atoms with Crippen molar-refractivity contribution in [2.75, 3.05) is 0 Å².